The number of halogens is 2. The molecule has 3 nitrogen and oxygen atoms in total. The fourth-order valence-corrected chi connectivity index (χ4v) is 3.37. The van der Waals surface area contributed by atoms with Crippen LogP contribution in [-0.4, -0.2) is 12.7 Å². The first-order valence-electron chi connectivity index (χ1n) is 9.60. The lowest BCUT2D eigenvalue weighted by Gasteiger charge is -2.14. The fourth-order valence-electron chi connectivity index (χ4n) is 3.37. The zero-order chi connectivity index (χ0) is 19.2. The minimum Gasteiger partial charge on any atom is -0.491 e. The SMILES string of the molecule is CCCC1CCC(c2ccc(COc3ccc(OCC)c(F)c3F)cc2)O1. The number of hydrogen-bond acceptors (Lipinski definition) is 3. The topological polar surface area (TPSA) is 27.7 Å². The molecule has 0 aliphatic carbocycles. The molecule has 2 aromatic carbocycles. The summed E-state index contributed by atoms with van der Waals surface area (Å²) in [6, 6.07) is 10.7. The summed E-state index contributed by atoms with van der Waals surface area (Å²) in [5, 5.41) is 0. The molecule has 1 aliphatic rings. The average Bonchev–Trinajstić information content (AvgIpc) is 3.14. The molecule has 0 saturated carbocycles. The first-order valence-corrected chi connectivity index (χ1v) is 9.60. The molecule has 0 aromatic heterocycles. The van der Waals surface area contributed by atoms with Gasteiger partial charge in [0.2, 0.25) is 11.6 Å². The average molecular weight is 376 g/mol. The van der Waals surface area contributed by atoms with E-state index in [0.29, 0.717) is 6.10 Å². The van der Waals surface area contributed by atoms with Crippen molar-refractivity contribution in [1.82, 2.24) is 0 Å². The van der Waals surface area contributed by atoms with Crippen molar-refractivity contribution in [3.8, 4) is 11.5 Å². The van der Waals surface area contributed by atoms with E-state index < -0.39 is 11.6 Å². The predicted molar refractivity (Wildman–Crippen MR) is 100 cm³/mol. The fraction of sp³-hybridized carbons (Fsp3) is 0.455. The second kappa shape index (κ2) is 9.18. The van der Waals surface area contributed by atoms with Crippen molar-refractivity contribution < 1.29 is 23.0 Å². The molecule has 0 radical (unpaired) electrons. The van der Waals surface area contributed by atoms with Gasteiger partial charge in [0, 0.05) is 0 Å². The Hall–Kier alpha value is -2.14. The van der Waals surface area contributed by atoms with Gasteiger partial charge in [-0.3, -0.25) is 0 Å². The van der Waals surface area contributed by atoms with Gasteiger partial charge in [0.05, 0.1) is 18.8 Å². The Bertz CT molecular complexity index is 746. The third kappa shape index (κ3) is 4.78. The highest BCUT2D eigenvalue weighted by Gasteiger charge is 2.25. The summed E-state index contributed by atoms with van der Waals surface area (Å²) in [5.41, 5.74) is 2.03. The van der Waals surface area contributed by atoms with E-state index in [-0.39, 0.29) is 30.8 Å². The maximum atomic E-state index is 14.1. The summed E-state index contributed by atoms with van der Waals surface area (Å²) in [6.07, 6.45) is 4.89. The normalized spacial score (nSPS) is 19.3. The summed E-state index contributed by atoms with van der Waals surface area (Å²) in [6.45, 7) is 4.32. The van der Waals surface area contributed by atoms with Crippen LogP contribution in [0.4, 0.5) is 8.78 Å². The van der Waals surface area contributed by atoms with Crippen LogP contribution < -0.4 is 9.47 Å². The second-order valence-electron chi connectivity index (χ2n) is 6.77. The molecule has 0 spiro atoms. The molecular formula is C22H26F2O3. The van der Waals surface area contributed by atoms with Crippen molar-refractivity contribution in [1.29, 1.82) is 0 Å². The lowest BCUT2D eigenvalue weighted by molar-refractivity contribution is 0.0396. The van der Waals surface area contributed by atoms with Crippen LogP contribution in [0.1, 0.15) is 56.8 Å². The van der Waals surface area contributed by atoms with Gasteiger partial charge in [-0.25, -0.2) is 0 Å². The van der Waals surface area contributed by atoms with Gasteiger partial charge in [0.1, 0.15) is 6.61 Å². The van der Waals surface area contributed by atoms with Gasteiger partial charge in [-0.2, -0.15) is 8.78 Å². The van der Waals surface area contributed by atoms with Crippen molar-refractivity contribution >= 4 is 0 Å². The van der Waals surface area contributed by atoms with E-state index in [1.807, 2.05) is 24.3 Å². The molecule has 146 valence electrons. The predicted octanol–water partition coefficient (Wildman–Crippen LogP) is 5.96. The largest absolute Gasteiger partial charge is 0.491 e. The Morgan fingerprint density at radius 3 is 2.22 bits per heavy atom. The Kier molecular flexibility index (Phi) is 6.67. The highest BCUT2D eigenvalue weighted by molar-refractivity contribution is 5.35. The van der Waals surface area contributed by atoms with Crippen LogP contribution in [-0.2, 0) is 11.3 Å². The Morgan fingerprint density at radius 2 is 1.59 bits per heavy atom. The molecule has 0 amide bonds. The van der Waals surface area contributed by atoms with Crippen LogP contribution >= 0.6 is 0 Å². The van der Waals surface area contributed by atoms with Crippen molar-refractivity contribution in [2.45, 2.75) is 58.3 Å². The third-order valence-corrected chi connectivity index (χ3v) is 4.78. The van der Waals surface area contributed by atoms with Gasteiger partial charge < -0.3 is 14.2 Å². The van der Waals surface area contributed by atoms with Crippen LogP contribution in [0.2, 0.25) is 0 Å². The van der Waals surface area contributed by atoms with E-state index >= 15 is 0 Å². The molecule has 2 atom stereocenters. The van der Waals surface area contributed by atoms with Crippen molar-refractivity contribution in [3.63, 3.8) is 0 Å². The molecule has 5 heteroatoms. The molecule has 2 unspecified atom stereocenters. The van der Waals surface area contributed by atoms with Gasteiger partial charge in [-0.05, 0) is 49.4 Å². The molecule has 3 rings (SSSR count). The molecule has 0 bridgehead atoms. The Labute approximate surface area is 159 Å². The van der Waals surface area contributed by atoms with E-state index in [1.165, 1.54) is 12.1 Å². The van der Waals surface area contributed by atoms with E-state index in [4.69, 9.17) is 14.2 Å². The first kappa shape index (κ1) is 19.6. The van der Waals surface area contributed by atoms with Crippen LogP contribution in [0.3, 0.4) is 0 Å². The van der Waals surface area contributed by atoms with Gasteiger partial charge in [0.15, 0.2) is 11.5 Å². The van der Waals surface area contributed by atoms with Gasteiger partial charge in [0.25, 0.3) is 0 Å². The highest BCUT2D eigenvalue weighted by atomic mass is 19.2. The molecule has 27 heavy (non-hydrogen) atoms. The van der Waals surface area contributed by atoms with Crippen molar-refractivity contribution in [2.75, 3.05) is 6.61 Å². The standard InChI is InChI=1S/C22H26F2O3/c1-3-5-17-10-11-18(27-17)16-8-6-15(7-9-16)14-26-20-13-12-19(25-4-2)21(23)22(20)24/h6-9,12-13,17-18H,3-5,10-11,14H2,1-2H3. The van der Waals surface area contributed by atoms with Gasteiger partial charge in [-0.1, -0.05) is 37.6 Å². The molecule has 1 saturated heterocycles. The quantitative estimate of drug-likeness (QED) is 0.569. The number of hydrogen-bond donors (Lipinski definition) is 0. The molecule has 2 aromatic rings. The maximum Gasteiger partial charge on any atom is 0.204 e. The number of benzene rings is 2. The van der Waals surface area contributed by atoms with Crippen LogP contribution in [0.25, 0.3) is 0 Å². The maximum absolute atomic E-state index is 14.1. The molecule has 1 heterocycles. The second-order valence-corrected chi connectivity index (χ2v) is 6.77. The summed E-state index contributed by atoms with van der Waals surface area (Å²) < 4.78 is 44.5. The summed E-state index contributed by atoms with van der Waals surface area (Å²) in [5.74, 6) is -2.28. The molecule has 1 fully saturated rings. The monoisotopic (exact) mass is 376 g/mol. The zero-order valence-electron chi connectivity index (χ0n) is 15.8. The summed E-state index contributed by atoms with van der Waals surface area (Å²) >= 11 is 0. The Morgan fingerprint density at radius 1 is 0.926 bits per heavy atom. The van der Waals surface area contributed by atoms with Crippen LogP contribution in [0.5, 0.6) is 11.5 Å². The van der Waals surface area contributed by atoms with Crippen LogP contribution in [0.15, 0.2) is 36.4 Å². The molecule has 1 aliphatic heterocycles. The summed E-state index contributed by atoms with van der Waals surface area (Å²) in [4.78, 5) is 0. The lowest BCUT2D eigenvalue weighted by atomic mass is 10.0. The van der Waals surface area contributed by atoms with Crippen LogP contribution in [0, 0.1) is 11.6 Å². The smallest absolute Gasteiger partial charge is 0.204 e. The van der Waals surface area contributed by atoms with E-state index in [9.17, 15) is 8.78 Å². The minimum atomic E-state index is -1.03. The Balaban J connectivity index is 1.59. The minimum absolute atomic E-state index is 0.107. The third-order valence-electron chi connectivity index (χ3n) is 4.78. The van der Waals surface area contributed by atoms with Gasteiger partial charge >= 0.3 is 0 Å². The van der Waals surface area contributed by atoms with E-state index in [0.717, 1.165) is 36.8 Å². The van der Waals surface area contributed by atoms with Crippen molar-refractivity contribution in [2.24, 2.45) is 0 Å². The van der Waals surface area contributed by atoms with Gasteiger partial charge in [-0.15, -0.1) is 0 Å². The number of ether oxygens (including phenoxy) is 3. The summed E-state index contributed by atoms with van der Waals surface area (Å²) in [7, 11) is 0. The van der Waals surface area contributed by atoms with E-state index in [2.05, 4.69) is 6.92 Å². The lowest BCUT2D eigenvalue weighted by Crippen LogP contribution is -2.06. The molecule has 0 N–H and O–H groups in total. The molecular weight excluding hydrogens is 350 g/mol. The number of rotatable bonds is 8. The highest BCUT2D eigenvalue weighted by Crippen LogP contribution is 2.34. The van der Waals surface area contributed by atoms with E-state index in [1.54, 1.807) is 6.92 Å². The first-order chi connectivity index (χ1) is 13.1. The zero-order valence-corrected chi connectivity index (χ0v) is 15.8. The van der Waals surface area contributed by atoms with Crippen molar-refractivity contribution in [3.05, 3.63) is 59.2 Å².